The molecular formula is C19H21FN2O3. The summed E-state index contributed by atoms with van der Waals surface area (Å²) < 4.78 is 18.6. The lowest BCUT2D eigenvalue weighted by Gasteiger charge is -2.32. The molecule has 0 saturated carbocycles. The third-order valence-electron chi connectivity index (χ3n) is 4.39. The van der Waals surface area contributed by atoms with Crippen molar-refractivity contribution in [3.63, 3.8) is 0 Å². The number of nitrogens with one attached hydrogen (secondary N) is 1. The highest BCUT2D eigenvalue weighted by molar-refractivity contribution is 5.93. The first-order valence-electron chi connectivity index (χ1n) is 8.40. The van der Waals surface area contributed by atoms with Crippen LogP contribution in [-0.2, 0) is 0 Å². The molecule has 1 aliphatic heterocycles. The van der Waals surface area contributed by atoms with Crippen molar-refractivity contribution in [3.05, 3.63) is 63.8 Å². The number of aryl methyl sites for hydroxylation is 1. The van der Waals surface area contributed by atoms with Crippen molar-refractivity contribution in [2.24, 2.45) is 5.92 Å². The fraction of sp³-hybridized carbons (Fsp3) is 0.368. The number of likely N-dealkylation sites (tertiary alicyclic amines) is 1. The lowest BCUT2D eigenvalue weighted by molar-refractivity contribution is 0.0631. The summed E-state index contributed by atoms with van der Waals surface area (Å²) in [6.45, 7) is 3.42. The minimum absolute atomic E-state index is 0.172. The molecule has 132 valence electrons. The number of halogens is 1. The second kappa shape index (κ2) is 7.51. The average Bonchev–Trinajstić information content (AvgIpc) is 2.61. The smallest absolute Gasteiger partial charge is 0.259 e. The second-order valence-electron chi connectivity index (χ2n) is 6.42. The normalized spacial score (nSPS) is 17.4. The number of benzene rings is 1. The summed E-state index contributed by atoms with van der Waals surface area (Å²) in [5.41, 5.74) is 0.641. The third-order valence-corrected chi connectivity index (χ3v) is 4.39. The lowest BCUT2D eigenvalue weighted by atomic mass is 9.98. The zero-order valence-electron chi connectivity index (χ0n) is 14.1. The van der Waals surface area contributed by atoms with Gasteiger partial charge in [-0.15, -0.1) is 0 Å². The van der Waals surface area contributed by atoms with Gasteiger partial charge in [0, 0.05) is 37.0 Å². The molecule has 6 heteroatoms. The fourth-order valence-corrected chi connectivity index (χ4v) is 3.04. The maximum absolute atomic E-state index is 12.9. The van der Waals surface area contributed by atoms with Crippen molar-refractivity contribution in [2.45, 2.75) is 19.8 Å². The average molecular weight is 344 g/mol. The number of carbonyl (C=O) groups is 1. The van der Waals surface area contributed by atoms with Crippen molar-refractivity contribution >= 4 is 5.91 Å². The standard InChI is InChI=1S/C19H21FN2O3/c1-13-9-18(23)17(10-21-13)19(24)22-8-2-3-14(11-22)12-25-16-6-4-15(20)5-7-16/h4-7,9-10,14H,2-3,8,11-12H2,1H3,(H,21,23). The molecule has 1 unspecified atom stereocenters. The Morgan fingerprint density at radius 2 is 2.12 bits per heavy atom. The number of pyridine rings is 1. The van der Waals surface area contributed by atoms with Gasteiger partial charge < -0.3 is 14.6 Å². The Bertz CT molecular complexity index is 801. The van der Waals surface area contributed by atoms with Crippen LogP contribution >= 0.6 is 0 Å². The first kappa shape index (κ1) is 17.2. The van der Waals surface area contributed by atoms with E-state index in [0.717, 1.165) is 18.5 Å². The van der Waals surface area contributed by atoms with Gasteiger partial charge in [0.2, 0.25) is 0 Å². The van der Waals surface area contributed by atoms with Crippen LogP contribution in [-0.4, -0.2) is 35.5 Å². The summed E-state index contributed by atoms with van der Waals surface area (Å²) >= 11 is 0. The van der Waals surface area contributed by atoms with E-state index in [9.17, 15) is 14.0 Å². The number of hydrogen-bond acceptors (Lipinski definition) is 3. The van der Waals surface area contributed by atoms with Crippen LogP contribution in [0, 0.1) is 18.7 Å². The van der Waals surface area contributed by atoms with Gasteiger partial charge in [0.25, 0.3) is 5.91 Å². The zero-order chi connectivity index (χ0) is 17.8. The Kier molecular flexibility index (Phi) is 5.16. The topological polar surface area (TPSA) is 62.4 Å². The fourth-order valence-electron chi connectivity index (χ4n) is 3.04. The van der Waals surface area contributed by atoms with Crippen molar-refractivity contribution in [1.82, 2.24) is 9.88 Å². The summed E-state index contributed by atoms with van der Waals surface area (Å²) in [5.74, 6) is 0.255. The van der Waals surface area contributed by atoms with Gasteiger partial charge >= 0.3 is 0 Å². The maximum atomic E-state index is 12.9. The highest BCUT2D eigenvalue weighted by atomic mass is 19.1. The molecular weight excluding hydrogens is 323 g/mol. The van der Waals surface area contributed by atoms with E-state index in [-0.39, 0.29) is 28.6 Å². The van der Waals surface area contributed by atoms with Crippen molar-refractivity contribution < 1.29 is 13.9 Å². The number of ether oxygens (including phenoxy) is 1. The van der Waals surface area contributed by atoms with E-state index in [1.807, 2.05) is 0 Å². The first-order chi connectivity index (χ1) is 12.0. The van der Waals surface area contributed by atoms with E-state index in [0.29, 0.717) is 25.4 Å². The van der Waals surface area contributed by atoms with Gasteiger partial charge in [0.05, 0.1) is 6.61 Å². The molecule has 1 fully saturated rings. The Hall–Kier alpha value is -2.63. The number of carbonyl (C=O) groups excluding carboxylic acids is 1. The number of aromatic amines is 1. The molecule has 0 bridgehead atoms. The number of nitrogens with zero attached hydrogens (tertiary/aromatic N) is 1. The van der Waals surface area contributed by atoms with Gasteiger partial charge in [-0.1, -0.05) is 0 Å². The second-order valence-corrected chi connectivity index (χ2v) is 6.42. The van der Waals surface area contributed by atoms with E-state index in [2.05, 4.69) is 4.98 Å². The third kappa shape index (κ3) is 4.26. The molecule has 1 amide bonds. The Balaban J connectivity index is 1.61. The summed E-state index contributed by atoms with van der Waals surface area (Å²) in [6.07, 6.45) is 3.31. The predicted octanol–water partition coefficient (Wildman–Crippen LogP) is 2.75. The van der Waals surface area contributed by atoms with Crippen LogP contribution in [0.4, 0.5) is 4.39 Å². The molecule has 2 aromatic rings. The molecule has 1 aromatic heterocycles. The molecule has 0 aliphatic carbocycles. The van der Waals surface area contributed by atoms with Crippen molar-refractivity contribution in [1.29, 1.82) is 0 Å². The molecule has 0 spiro atoms. The van der Waals surface area contributed by atoms with E-state index in [4.69, 9.17) is 4.74 Å². The summed E-state index contributed by atoms with van der Waals surface area (Å²) in [4.78, 5) is 29.3. The monoisotopic (exact) mass is 344 g/mol. The Labute approximate surface area is 145 Å². The molecule has 1 saturated heterocycles. The van der Waals surface area contributed by atoms with Crippen molar-refractivity contribution in [2.75, 3.05) is 19.7 Å². The SMILES string of the molecule is Cc1cc(=O)c(C(=O)N2CCCC(COc3ccc(F)cc3)C2)c[nH]1. The van der Waals surface area contributed by atoms with Gasteiger partial charge in [-0.3, -0.25) is 9.59 Å². The number of rotatable bonds is 4. The first-order valence-corrected chi connectivity index (χ1v) is 8.40. The number of piperidine rings is 1. The minimum atomic E-state index is -0.301. The zero-order valence-corrected chi connectivity index (χ0v) is 14.1. The predicted molar refractivity (Wildman–Crippen MR) is 92.3 cm³/mol. The number of hydrogen-bond donors (Lipinski definition) is 1. The Morgan fingerprint density at radius 1 is 1.36 bits per heavy atom. The molecule has 0 radical (unpaired) electrons. The van der Waals surface area contributed by atoms with E-state index >= 15 is 0 Å². The van der Waals surface area contributed by atoms with Crippen LogP contribution < -0.4 is 10.2 Å². The van der Waals surface area contributed by atoms with Crippen molar-refractivity contribution in [3.8, 4) is 5.75 Å². The van der Waals surface area contributed by atoms with Gasteiger partial charge in [0.1, 0.15) is 17.1 Å². The molecule has 1 aliphatic rings. The van der Waals surface area contributed by atoms with E-state index in [1.54, 1.807) is 24.0 Å². The van der Waals surface area contributed by atoms with Crippen LogP contribution in [0.25, 0.3) is 0 Å². The van der Waals surface area contributed by atoms with Gasteiger partial charge in [-0.2, -0.15) is 0 Å². The number of amides is 1. The summed E-state index contributed by atoms with van der Waals surface area (Å²) in [5, 5.41) is 0. The Morgan fingerprint density at radius 3 is 2.84 bits per heavy atom. The van der Waals surface area contributed by atoms with Crippen LogP contribution in [0.5, 0.6) is 5.75 Å². The van der Waals surface area contributed by atoms with Crippen LogP contribution in [0.2, 0.25) is 0 Å². The number of aromatic nitrogens is 1. The van der Waals surface area contributed by atoms with Gasteiger partial charge in [-0.25, -0.2) is 4.39 Å². The van der Waals surface area contributed by atoms with Crippen LogP contribution in [0.15, 0.2) is 41.3 Å². The van der Waals surface area contributed by atoms with E-state index in [1.165, 1.54) is 24.4 Å². The molecule has 1 N–H and O–H groups in total. The molecule has 3 rings (SSSR count). The highest BCUT2D eigenvalue weighted by Gasteiger charge is 2.26. The molecule has 2 heterocycles. The maximum Gasteiger partial charge on any atom is 0.259 e. The van der Waals surface area contributed by atoms with E-state index < -0.39 is 0 Å². The van der Waals surface area contributed by atoms with Crippen LogP contribution in [0.1, 0.15) is 28.9 Å². The summed E-state index contributed by atoms with van der Waals surface area (Å²) in [7, 11) is 0. The molecule has 25 heavy (non-hydrogen) atoms. The lowest BCUT2D eigenvalue weighted by Crippen LogP contribution is -2.43. The largest absolute Gasteiger partial charge is 0.493 e. The minimum Gasteiger partial charge on any atom is -0.493 e. The summed E-state index contributed by atoms with van der Waals surface area (Å²) in [6, 6.07) is 7.33. The van der Waals surface area contributed by atoms with Gasteiger partial charge in [0.15, 0.2) is 5.43 Å². The highest BCUT2D eigenvalue weighted by Crippen LogP contribution is 2.20. The molecule has 1 atom stereocenters. The quantitative estimate of drug-likeness (QED) is 0.928. The molecule has 5 nitrogen and oxygen atoms in total. The molecule has 1 aromatic carbocycles. The number of H-pyrrole nitrogens is 1. The van der Waals surface area contributed by atoms with Crippen LogP contribution in [0.3, 0.4) is 0 Å². The van der Waals surface area contributed by atoms with Gasteiger partial charge in [-0.05, 0) is 44.0 Å².